The smallest absolute Gasteiger partial charge is 0.263 e. The lowest BCUT2D eigenvalue weighted by atomic mass is 9.49. The maximum Gasteiger partial charge on any atom is 0.263 e. The molecule has 0 unspecified atom stereocenters. The number of pyridine rings is 2. The van der Waals surface area contributed by atoms with E-state index in [1.165, 1.54) is 26.2 Å². The molecule has 1 saturated heterocycles. The summed E-state index contributed by atoms with van der Waals surface area (Å²) in [4.78, 5) is 41.8. The summed E-state index contributed by atoms with van der Waals surface area (Å²) in [5.41, 5.74) is 1.76. The SMILES string of the molecule is CC(=O)c1c(C)c2cnc(Nc3ccc(OCCN4CCCCC4)nc3)nc2n(C23CC(C2)C3)c1=O. The van der Waals surface area contributed by atoms with Crippen molar-refractivity contribution in [2.45, 2.75) is 57.9 Å². The lowest BCUT2D eigenvalue weighted by molar-refractivity contribution is -0.0884. The minimum atomic E-state index is -0.233. The molecule has 3 aromatic heterocycles. The Bertz CT molecular complexity index is 1360. The third-order valence-electron chi connectivity index (χ3n) is 8.11. The first-order valence-corrected chi connectivity index (χ1v) is 13.0. The van der Waals surface area contributed by atoms with E-state index < -0.39 is 0 Å². The molecule has 0 atom stereocenters. The van der Waals surface area contributed by atoms with Gasteiger partial charge in [-0.1, -0.05) is 6.42 Å². The van der Waals surface area contributed by atoms with Crippen LogP contribution in [0.25, 0.3) is 11.0 Å². The zero-order valence-electron chi connectivity index (χ0n) is 20.9. The molecule has 4 aliphatic rings. The molecule has 1 N–H and O–H groups in total. The van der Waals surface area contributed by atoms with Gasteiger partial charge in [0.05, 0.1) is 23.0 Å². The number of nitrogens with one attached hydrogen (secondary N) is 1. The summed E-state index contributed by atoms with van der Waals surface area (Å²) >= 11 is 0. The Hall–Kier alpha value is -3.33. The summed E-state index contributed by atoms with van der Waals surface area (Å²) in [6.07, 6.45) is 10.2. The minimum absolute atomic E-state index is 0.210. The highest BCUT2D eigenvalue weighted by Crippen LogP contribution is 2.62. The maximum absolute atomic E-state index is 13.4. The van der Waals surface area contributed by atoms with Crippen molar-refractivity contribution in [3.8, 4) is 5.88 Å². The fourth-order valence-electron chi connectivity index (χ4n) is 6.06. The van der Waals surface area contributed by atoms with E-state index in [2.05, 4.69) is 20.2 Å². The average molecular weight is 489 g/mol. The van der Waals surface area contributed by atoms with Crippen LogP contribution in [0.3, 0.4) is 0 Å². The number of likely N-dealkylation sites (tertiary alicyclic amines) is 1. The second-order valence-electron chi connectivity index (χ2n) is 10.6. The van der Waals surface area contributed by atoms with Crippen molar-refractivity contribution in [1.29, 1.82) is 0 Å². The molecule has 36 heavy (non-hydrogen) atoms. The molecule has 3 saturated carbocycles. The molecule has 2 bridgehead atoms. The first-order chi connectivity index (χ1) is 17.4. The van der Waals surface area contributed by atoms with Crippen LogP contribution >= 0.6 is 0 Å². The van der Waals surface area contributed by atoms with E-state index in [1.807, 2.05) is 12.1 Å². The fourth-order valence-corrected chi connectivity index (χ4v) is 6.06. The summed E-state index contributed by atoms with van der Waals surface area (Å²) in [6, 6.07) is 3.72. The minimum Gasteiger partial charge on any atom is -0.476 e. The van der Waals surface area contributed by atoms with Gasteiger partial charge in [-0.3, -0.25) is 19.1 Å². The van der Waals surface area contributed by atoms with E-state index in [1.54, 1.807) is 23.9 Å². The van der Waals surface area contributed by atoms with Crippen molar-refractivity contribution >= 4 is 28.5 Å². The molecule has 0 spiro atoms. The summed E-state index contributed by atoms with van der Waals surface area (Å²) in [7, 11) is 0. The molecular formula is C27H32N6O3. The molecule has 0 amide bonds. The van der Waals surface area contributed by atoms with Crippen molar-refractivity contribution < 1.29 is 9.53 Å². The number of anilines is 2. The summed E-state index contributed by atoms with van der Waals surface area (Å²) in [6.45, 7) is 7.09. The number of hydrogen-bond donors (Lipinski definition) is 1. The lowest BCUT2D eigenvalue weighted by Crippen LogP contribution is -2.62. The van der Waals surface area contributed by atoms with E-state index in [-0.39, 0.29) is 22.4 Å². The molecule has 0 radical (unpaired) electrons. The number of rotatable bonds is 8. The second kappa shape index (κ2) is 8.96. The Kier molecular flexibility index (Phi) is 5.75. The number of Topliss-reactive ketones (excluding diaryl/α,β-unsaturated/α-hetero) is 1. The van der Waals surface area contributed by atoms with E-state index >= 15 is 0 Å². The van der Waals surface area contributed by atoms with E-state index in [9.17, 15) is 9.59 Å². The maximum atomic E-state index is 13.4. The van der Waals surface area contributed by atoms with Crippen LogP contribution < -0.4 is 15.6 Å². The van der Waals surface area contributed by atoms with Gasteiger partial charge in [-0.25, -0.2) is 9.97 Å². The Morgan fingerprint density at radius 1 is 1.14 bits per heavy atom. The van der Waals surface area contributed by atoms with Crippen LogP contribution in [-0.4, -0.2) is 56.4 Å². The molecule has 7 rings (SSSR count). The predicted octanol–water partition coefficient (Wildman–Crippen LogP) is 3.81. The van der Waals surface area contributed by atoms with Crippen LogP contribution in [0.5, 0.6) is 5.88 Å². The number of aryl methyl sites for hydroxylation is 1. The lowest BCUT2D eigenvalue weighted by Gasteiger charge is -2.62. The first kappa shape index (κ1) is 23.1. The number of ether oxygens (including phenoxy) is 1. The van der Waals surface area contributed by atoms with Crippen LogP contribution in [0.15, 0.2) is 29.3 Å². The number of carbonyl (C=O) groups is 1. The molecule has 9 nitrogen and oxygen atoms in total. The second-order valence-corrected chi connectivity index (χ2v) is 10.6. The number of piperidine rings is 1. The Labute approximate surface area is 209 Å². The first-order valence-electron chi connectivity index (χ1n) is 13.0. The number of aromatic nitrogens is 4. The Morgan fingerprint density at radius 2 is 1.92 bits per heavy atom. The number of hydrogen-bond acceptors (Lipinski definition) is 8. The quantitative estimate of drug-likeness (QED) is 0.478. The van der Waals surface area contributed by atoms with E-state index in [0.717, 1.165) is 50.0 Å². The molecule has 1 aliphatic heterocycles. The fraction of sp³-hybridized carbons (Fsp3) is 0.519. The third kappa shape index (κ3) is 3.95. The van der Waals surface area contributed by atoms with Crippen molar-refractivity contribution in [1.82, 2.24) is 24.4 Å². The molecular weight excluding hydrogens is 456 g/mol. The predicted molar refractivity (Wildman–Crippen MR) is 137 cm³/mol. The molecule has 3 aliphatic carbocycles. The zero-order valence-corrected chi connectivity index (χ0v) is 20.9. The molecule has 3 aromatic rings. The third-order valence-corrected chi connectivity index (χ3v) is 8.11. The van der Waals surface area contributed by atoms with Crippen molar-refractivity contribution in [3.05, 3.63) is 46.0 Å². The number of nitrogens with zero attached hydrogens (tertiary/aromatic N) is 5. The van der Waals surface area contributed by atoms with Gasteiger partial charge in [0, 0.05) is 24.2 Å². The highest BCUT2D eigenvalue weighted by Gasteiger charge is 2.59. The van der Waals surface area contributed by atoms with Gasteiger partial charge in [0.1, 0.15) is 12.3 Å². The van der Waals surface area contributed by atoms with Crippen LogP contribution in [0, 0.1) is 12.8 Å². The van der Waals surface area contributed by atoms with Crippen LogP contribution in [0.1, 0.15) is 61.4 Å². The van der Waals surface area contributed by atoms with Crippen LogP contribution in [-0.2, 0) is 5.54 Å². The highest BCUT2D eigenvalue weighted by molar-refractivity contribution is 5.99. The van der Waals surface area contributed by atoms with Gasteiger partial charge >= 0.3 is 0 Å². The Morgan fingerprint density at radius 3 is 2.56 bits per heavy atom. The van der Waals surface area contributed by atoms with Crippen LogP contribution in [0.4, 0.5) is 11.6 Å². The van der Waals surface area contributed by atoms with Gasteiger partial charge in [0.25, 0.3) is 5.56 Å². The van der Waals surface area contributed by atoms with Gasteiger partial charge in [0.15, 0.2) is 5.78 Å². The number of ketones is 1. The van der Waals surface area contributed by atoms with Crippen LogP contribution in [0.2, 0.25) is 0 Å². The topological polar surface area (TPSA) is 102 Å². The average Bonchev–Trinajstić information content (AvgIpc) is 2.81. The van der Waals surface area contributed by atoms with Crippen molar-refractivity contribution in [2.24, 2.45) is 5.92 Å². The molecule has 0 aromatic carbocycles. The van der Waals surface area contributed by atoms with E-state index in [4.69, 9.17) is 9.72 Å². The summed E-state index contributed by atoms with van der Waals surface area (Å²) in [5.74, 6) is 1.44. The largest absolute Gasteiger partial charge is 0.476 e. The normalized spacial score (nSPS) is 23.1. The number of carbonyl (C=O) groups excluding carboxylic acids is 1. The molecule has 4 heterocycles. The zero-order chi connectivity index (χ0) is 24.9. The van der Waals surface area contributed by atoms with Gasteiger partial charge in [0.2, 0.25) is 11.8 Å². The number of fused-ring (bicyclic) bond motifs is 1. The van der Waals surface area contributed by atoms with E-state index in [0.29, 0.717) is 35.6 Å². The summed E-state index contributed by atoms with van der Waals surface area (Å²) in [5, 5.41) is 3.95. The molecule has 4 fully saturated rings. The van der Waals surface area contributed by atoms with Gasteiger partial charge in [-0.05, 0) is 76.6 Å². The van der Waals surface area contributed by atoms with Gasteiger partial charge in [-0.15, -0.1) is 0 Å². The van der Waals surface area contributed by atoms with Gasteiger partial charge < -0.3 is 10.1 Å². The summed E-state index contributed by atoms with van der Waals surface area (Å²) < 4.78 is 7.60. The molecule has 188 valence electrons. The highest BCUT2D eigenvalue weighted by atomic mass is 16.5. The standard InChI is InChI=1S/C27H32N6O3/c1-17-21-16-29-26(30-20-6-7-22(28-15-20)36-11-10-32-8-4-3-5-9-32)31-24(21)33(25(35)23(17)18(2)34)27-12-19(13-27)14-27/h6-7,15-16,19H,3-5,8-14H2,1-2H3,(H,29,30,31). The van der Waals surface area contributed by atoms with Gasteiger partial charge in [-0.2, -0.15) is 4.98 Å². The van der Waals surface area contributed by atoms with Crippen molar-refractivity contribution in [3.63, 3.8) is 0 Å². The Balaban J connectivity index is 1.22. The molecule has 9 heteroatoms. The van der Waals surface area contributed by atoms with Crippen molar-refractivity contribution in [2.75, 3.05) is 31.6 Å². The monoisotopic (exact) mass is 488 g/mol.